The van der Waals surface area contributed by atoms with Crippen LogP contribution in [0.2, 0.25) is 0 Å². The first kappa shape index (κ1) is 25.4. The Hall–Kier alpha value is -3.91. The summed E-state index contributed by atoms with van der Waals surface area (Å²) in [6.07, 6.45) is 11.1. The first-order valence-corrected chi connectivity index (χ1v) is 14.0. The maximum Gasteiger partial charge on any atom is 0.336 e. The normalized spacial score (nSPS) is 17.4. The number of nitrogens with one attached hydrogen (secondary N) is 1. The third-order valence-electron chi connectivity index (χ3n) is 8.24. The van der Waals surface area contributed by atoms with Crippen LogP contribution in [0, 0.1) is 0 Å². The maximum atomic E-state index is 13.2. The van der Waals surface area contributed by atoms with E-state index in [-0.39, 0.29) is 11.9 Å². The molecular formula is C31H34N4O4. The summed E-state index contributed by atoms with van der Waals surface area (Å²) < 4.78 is 7.71. The minimum atomic E-state index is -0.898. The van der Waals surface area contributed by atoms with Gasteiger partial charge >= 0.3 is 5.97 Å². The van der Waals surface area contributed by atoms with Crippen LogP contribution in [0.4, 0.5) is 0 Å². The molecule has 0 radical (unpaired) electrons. The van der Waals surface area contributed by atoms with Crippen molar-refractivity contribution in [2.24, 2.45) is 0 Å². The standard InChI is InChI=1S/C31H34N4O4/c36-30(32-24-12-15-34(16-13-24)19-22-6-4-5-9-26(22)31(37)38)21-10-11-28-27(18-21)33-29(23-14-17-39-20-23)35(28)25-7-2-1-3-8-25/h4-6,9-11,14,17-18,20,24-25H,1-3,7-8,12-13,15-16,19H2,(H,32,36)(H,37,38). The summed E-state index contributed by atoms with van der Waals surface area (Å²) in [7, 11) is 0. The lowest BCUT2D eigenvalue weighted by Crippen LogP contribution is -2.44. The average molecular weight is 527 g/mol. The summed E-state index contributed by atoms with van der Waals surface area (Å²) >= 11 is 0. The molecule has 1 saturated heterocycles. The molecule has 2 aromatic heterocycles. The van der Waals surface area contributed by atoms with E-state index >= 15 is 0 Å². The highest BCUT2D eigenvalue weighted by molar-refractivity contribution is 5.98. The van der Waals surface area contributed by atoms with Gasteiger partial charge in [-0.1, -0.05) is 37.5 Å². The van der Waals surface area contributed by atoms with E-state index < -0.39 is 5.97 Å². The molecule has 1 aliphatic carbocycles. The van der Waals surface area contributed by atoms with E-state index in [9.17, 15) is 14.7 Å². The van der Waals surface area contributed by atoms with Crippen molar-refractivity contribution >= 4 is 22.9 Å². The fourth-order valence-corrected chi connectivity index (χ4v) is 6.16. The number of carbonyl (C=O) groups excluding carboxylic acids is 1. The molecule has 0 spiro atoms. The van der Waals surface area contributed by atoms with Crippen LogP contribution in [-0.4, -0.2) is 50.6 Å². The second-order valence-corrected chi connectivity index (χ2v) is 10.8. The Labute approximate surface area is 227 Å². The SMILES string of the molecule is O=C(NC1CCN(Cc2ccccc2C(=O)O)CC1)c1ccc2c(c1)nc(-c1ccoc1)n2C1CCCCC1. The van der Waals surface area contributed by atoms with Gasteiger partial charge in [-0.25, -0.2) is 9.78 Å². The van der Waals surface area contributed by atoms with E-state index in [1.807, 2.05) is 36.4 Å². The van der Waals surface area contributed by atoms with Gasteiger partial charge in [0.1, 0.15) is 12.1 Å². The number of aromatic carboxylic acids is 1. The minimum absolute atomic E-state index is 0.0800. The fraction of sp³-hybridized carbons (Fsp3) is 0.387. The first-order chi connectivity index (χ1) is 19.1. The second kappa shape index (κ2) is 11.1. The maximum absolute atomic E-state index is 13.2. The van der Waals surface area contributed by atoms with Gasteiger partial charge in [0.05, 0.1) is 28.4 Å². The van der Waals surface area contributed by atoms with Gasteiger partial charge in [0, 0.05) is 37.3 Å². The number of nitrogens with zero attached hydrogens (tertiary/aromatic N) is 3. The third kappa shape index (κ3) is 5.34. The zero-order valence-electron chi connectivity index (χ0n) is 22.0. The van der Waals surface area contributed by atoms with Crippen molar-refractivity contribution in [1.29, 1.82) is 0 Å². The lowest BCUT2D eigenvalue weighted by molar-refractivity contribution is 0.0692. The van der Waals surface area contributed by atoms with Crippen LogP contribution in [-0.2, 0) is 6.54 Å². The summed E-state index contributed by atoms with van der Waals surface area (Å²) in [4.78, 5) is 32.0. The smallest absolute Gasteiger partial charge is 0.336 e. The molecule has 0 unspecified atom stereocenters. The Morgan fingerprint density at radius 1 is 1.00 bits per heavy atom. The molecule has 8 nitrogen and oxygen atoms in total. The quantitative estimate of drug-likeness (QED) is 0.311. The predicted molar refractivity (Wildman–Crippen MR) is 149 cm³/mol. The van der Waals surface area contributed by atoms with E-state index in [1.54, 1.807) is 24.7 Å². The summed E-state index contributed by atoms with van der Waals surface area (Å²) in [6, 6.07) is 15.5. The molecule has 1 saturated carbocycles. The molecule has 2 aromatic carbocycles. The average Bonchev–Trinajstić information content (AvgIpc) is 3.62. The number of furan rings is 1. The van der Waals surface area contributed by atoms with Gasteiger partial charge in [-0.2, -0.15) is 0 Å². The lowest BCUT2D eigenvalue weighted by atomic mass is 9.95. The van der Waals surface area contributed by atoms with Crippen LogP contribution in [0.25, 0.3) is 22.4 Å². The number of rotatable bonds is 7. The number of carboxylic acids is 1. The molecule has 6 rings (SSSR count). The van der Waals surface area contributed by atoms with Crippen molar-refractivity contribution in [3.8, 4) is 11.4 Å². The topological polar surface area (TPSA) is 101 Å². The lowest BCUT2D eigenvalue weighted by Gasteiger charge is -2.32. The van der Waals surface area contributed by atoms with Crippen LogP contribution in [0.5, 0.6) is 0 Å². The molecule has 0 atom stereocenters. The fourth-order valence-electron chi connectivity index (χ4n) is 6.16. The van der Waals surface area contributed by atoms with Crippen molar-refractivity contribution in [3.05, 3.63) is 77.7 Å². The second-order valence-electron chi connectivity index (χ2n) is 10.8. The van der Waals surface area contributed by atoms with Crippen molar-refractivity contribution in [1.82, 2.24) is 19.8 Å². The molecule has 1 amide bonds. The van der Waals surface area contributed by atoms with Gasteiger partial charge in [0.2, 0.25) is 0 Å². The van der Waals surface area contributed by atoms with Crippen molar-refractivity contribution in [3.63, 3.8) is 0 Å². The molecule has 2 aliphatic rings. The number of likely N-dealkylation sites (tertiary alicyclic amines) is 1. The molecule has 3 heterocycles. The van der Waals surface area contributed by atoms with Crippen LogP contribution in [0.3, 0.4) is 0 Å². The van der Waals surface area contributed by atoms with Crippen molar-refractivity contribution in [2.45, 2.75) is 63.6 Å². The highest BCUT2D eigenvalue weighted by Crippen LogP contribution is 2.36. The molecule has 39 heavy (non-hydrogen) atoms. The molecule has 2 N–H and O–H groups in total. The van der Waals surface area contributed by atoms with Gasteiger partial charge in [-0.3, -0.25) is 9.69 Å². The predicted octanol–water partition coefficient (Wildman–Crippen LogP) is 5.89. The number of imidazole rings is 1. The zero-order chi connectivity index (χ0) is 26.8. The Balaban J connectivity index is 1.14. The third-order valence-corrected chi connectivity index (χ3v) is 8.24. The molecular weight excluding hydrogens is 492 g/mol. The van der Waals surface area contributed by atoms with Crippen LogP contribution in [0.15, 0.2) is 65.5 Å². The van der Waals surface area contributed by atoms with Crippen molar-refractivity contribution in [2.75, 3.05) is 13.1 Å². The highest BCUT2D eigenvalue weighted by Gasteiger charge is 2.25. The van der Waals surface area contributed by atoms with Gasteiger partial charge in [-0.15, -0.1) is 0 Å². The van der Waals surface area contributed by atoms with E-state index in [1.165, 1.54) is 19.3 Å². The van der Waals surface area contributed by atoms with Crippen LogP contribution < -0.4 is 5.32 Å². The number of fused-ring (bicyclic) bond motifs is 1. The number of amides is 1. The Morgan fingerprint density at radius 2 is 1.79 bits per heavy atom. The number of aromatic nitrogens is 2. The van der Waals surface area contributed by atoms with E-state index in [2.05, 4.69) is 14.8 Å². The first-order valence-electron chi connectivity index (χ1n) is 14.0. The number of carbonyl (C=O) groups is 2. The van der Waals surface area contributed by atoms with Gasteiger partial charge in [-0.05, 0) is 61.6 Å². The monoisotopic (exact) mass is 526 g/mol. The summed E-state index contributed by atoms with van der Waals surface area (Å²) in [6.45, 7) is 2.21. The molecule has 4 aromatic rings. The number of hydrogen-bond donors (Lipinski definition) is 2. The molecule has 2 fully saturated rings. The number of benzene rings is 2. The highest BCUT2D eigenvalue weighted by atomic mass is 16.4. The van der Waals surface area contributed by atoms with Gasteiger partial charge in [0.25, 0.3) is 5.91 Å². The van der Waals surface area contributed by atoms with Crippen LogP contribution >= 0.6 is 0 Å². The molecule has 202 valence electrons. The largest absolute Gasteiger partial charge is 0.478 e. The summed E-state index contributed by atoms with van der Waals surface area (Å²) in [5.41, 5.74) is 4.64. The van der Waals surface area contributed by atoms with Gasteiger partial charge < -0.3 is 19.4 Å². The summed E-state index contributed by atoms with van der Waals surface area (Å²) in [5.74, 6) is -0.0751. The Kier molecular flexibility index (Phi) is 7.20. The van der Waals surface area contributed by atoms with Crippen LogP contribution in [0.1, 0.15) is 77.3 Å². The van der Waals surface area contributed by atoms with E-state index in [0.29, 0.717) is 23.7 Å². The molecule has 0 bridgehead atoms. The van der Waals surface area contributed by atoms with E-state index in [4.69, 9.17) is 9.40 Å². The number of carboxylic acid groups (broad SMARTS) is 1. The zero-order valence-corrected chi connectivity index (χ0v) is 22.0. The van der Waals surface area contributed by atoms with E-state index in [0.717, 1.165) is 66.8 Å². The number of hydrogen-bond acceptors (Lipinski definition) is 5. The Morgan fingerprint density at radius 3 is 2.54 bits per heavy atom. The molecule has 1 aliphatic heterocycles. The molecule has 8 heteroatoms. The minimum Gasteiger partial charge on any atom is -0.478 e. The number of piperidine rings is 1. The van der Waals surface area contributed by atoms with Crippen molar-refractivity contribution < 1.29 is 19.1 Å². The summed E-state index contributed by atoms with van der Waals surface area (Å²) in [5, 5.41) is 12.7. The Bertz CT molecular complexity index is 1460. The van der Waals surface area contributed by atoms with Gasteiger partial charge in [0.15, 0.2) is 0 Å².